The third kappa shape index (κ3) is 5.31. The number of rotatable bonds is 6. The average Bonchev–Trinajstić information content (AvgIpc) is 3.29. The first kappa shape index (κ1) is 21.7. The van der Waals surface area contributed by atoms with Gasteiger partial charge in [-0.1, -0.05) is 52.8 Å². The van der Waals surface area contributed by atoms with Crippen LogP contribution in [-0.4, -0.2) is 30.8 Å². The van der Waals surface area contributed by atoms with Crippen molar-refractivity contribution < 1.29 is 9.32 Å². The fourth-order valence-corrected chi connectivity index (χ4v) is 2.76. The Morgan fingerprint density at radius 1 is 1.13 bits per heavy atom. The van der Waals surface area contributed by atoms with Crippen LogP contribution >= 0.6 is 0 Å². The number of carbonyl (C=O) groups is 1. The van der Waals surface area contributed by atoms with Gasteiger partial charge in [-0.25, -0.2) is 4.98 Å². The molecule has 0 aliphatic heterocycles. The standard InChI is InChI=1S/C22H30N6O2/c1-21(2,3)15-14-17(28(26-15)16-10-7-8-13-23-16)24-18(29)11-9-12-19-25-20(27-30-19)22(4,5)6/h7-8,10,13-14H,9,11-12H2,1-6H3,(H,24,29). The summed E-state index contributed by atoms with van der Waals surface area (Å²) >= 11 is 0. The Balaban J connectivity index is 1.66. The van der Waals surface area contributed by atoms with Crippen molar-refractivity contribution in [3.05, 3.63) is 47.9 Å². The van der Waals surface area contributed by atoms with Crippen LogP contribution in [0.2, 0.25) is 0 Å². The molecule has 8 nitrogen and oxygen atoms in total. The zero-order chi connectivity index (χ0) is 21.9. The molecule has 0 radical (unpaired) electrons. The molecule has 3 heterocycles. The lowest BCUT2D eigenvalue weighted by atomic mass is 9.92. The molecule has 8 heteroatoms. The van der Waals surface area contributed by atoms with Crippen LogP contribution in [0.25, 0.3) is 5.82 Å². The fraction of sp³-hybridized carbons (Fsp3) is 0.500. The van der Waals surface area contributed by atoms with Gasteiger partial charge in [0.1, 0.15) is 5.82 Å². The summed E-state index contributed by atoms with van der Waals surface area (Å²) in [6.45, 7) is 12.4. The Labute approximate surface area is 177 Å². The largest absolute Gasteiger partial charge is 0.339 e. The van der Waals surface area contributed by atoms with Crippen LogP contribution in [0.1, 0.15) is 71.8 Å². The molecule has 160 valence electrons. The predicted octanol–water partition coefficient (Wildman–Crippen LogP) is 4.21. The summed E-state index contributed by atoms with van der Waals surface area (Å²) in [5.74, 6) is 2.40. The molecule has 3 aromatic rings. The number of amides is 1. The van der Waals surface area contributed by atoms with E-state index in [0.29, 0.717) is 42.6 Å². The van der Waals surface area contributed by atoms with E-state index in [1.54, 1.807) is 10.9 Å². The van der Waals surface area contributed by atoms with Crippen LogP contribution < -0.4 is 5.32 Å². The number of hydrogen-bond donors (Lipinski definition) is 1. The normalized spacial score (nSPS) is 12.2. The molecular weight excluding hydrogens is 380 g/mol. The van der Waals surface area contributed by atoms with Crippen molar-refractivity contribution in [1.82, 2.24) is 24.9 Å². The van der Waals surface area contributed by atoms with Crippen LogP contribution in [0.3, 0.4) is 0 Å². The van der Waals surface area contributed by atoms with Crippen LogP contribution in [0, 0.1) is 0 Å². The Bertz CT molecular complexity index is 993. The summed E-state index contributed by atoms with van der Waals surface area (Å²) in [6.07, 6.45) is 3.21. The molecule has 0 saturated heterocycles. The van der Waals surface area contributed by atoms with Gasteiger partial charge in [0.15, 0.2) is 11.6 Å². The van der Waals surface area contributed by atoms with Crippen molar-refractivity contribution in [3.8, 4) is 5.82 Å². The molecule has 0 saturated carbocycles. The first-order valence-corrected chi connectivity index (χ1v) is 10.2. The summed E-state index contributed by atoms with van der Waals surface area (Å²) in [4.78, 5) is 21.3. The molecule has 30 heavy (non-hydrogen) atoms. The summed E-state index contributed by atoms with van der Waals surface area (Å²) in [7, 11) is 0. The molecule has 0 aromatic carbocycles. The van der Waals surface area contributed by atoms with E-state index in [1.807, 2.05) is 45.0 Å². The van der Waals surface area contributed by atoms with E-state index in [1.165, 1.54) is 0 Å². The van der Waals surface area contributed by atoms with E-state index in [9.17, 15) is 4.79 Å². The van der Waals surface area contributed by atoms with Crippen molar-refractivity contribution in [3.63, 3.8) is 0 Å². The van der Waals surface area contributed by atoms with Gasteiger partial charge in [-0.2, -0.15) is 14.8 Å². The minimum absolute atomic E-state index is 0.0944. The monoisotopic (exact) mass is 410 g/mol. The third-order valence-corrected chi connectivity index (χ3v) is 4.54. The first-order chi connectivity index (χ1) is 14.0. The molecule has 0 atom stereocenters. The van der Waals surface area contributed by atoms with E-state index in [4.69, 9.17) is 4.52 Å². The number of nitrogens with zero attached hydrogens (tertiary/aromatic N) is 5. The Morgan fingerprint density at radius 2 is 1.90 bits per heavy atom. The lowest BCUT2D eigenvalue weighted by Crippen LogP contribution is -2.15. The maximum Gasteiger partial charge on any atom is 0.226 e. The fourth-order valence-electron chi connectivity index (χ4n) is 2.76. The maximum atomic E-state index is 12.6. The van der Waals surface area contributed by atoms with Gasteiger partial charge in [0.05, 0.1) is 5.69 Å². The van der Waals surface area contributed by atoms with E-state index in [2.05, 4.69) is 46.3 Å². The molecule has 0 aliphatic rings. The number of carbonyl (C=O) groups excluding carboxylic acids is 1. The molecule has 3 aromatic heterocycles. The third-order valence-electron chi connectivity index (χ3n) is 4.54. The maximum absolute atomic E-state index is 12.6. The summed E-state index contributed by atoms with van der Waals surface area (Å²) in [5.41, 5.74) is 0.569. The van der Waals surface area contributed by atoms with Crippen molar-refractivity contribution in [2.24, 2.45) is 0 Å². The van der Waals surface area contributed by atoms with Gasteiger partial charge < -0.3 is 9.84 Å². The molecule has 3 rings (SSSR count). The second-order valence-electron chi connectivity index (χ2n) is 9.43. The van der Waals surface area contributed by atoms with Gasteiger partial charge >= 0.3 is 0 Å². The average molecular weight is 411 g/mol. The van der Waals surface area contributed by atoms with Crippen LogP contribution in [0.5, 0.6) is 0 Å². The lowest BCUT2D eigenvalue weighted by Gasteiger charge is -2.13. The molecule has 0 spiro atoms. The second-order valence-corrected chi connectivity index (χ2v) is 9.43. The lowest BCUT2D eigenvalue weighted by molar-refractivity contribution is -0.116. The van der Waals surface area contributed by atoms with Gasteiger partial charge in [-0.05, 0) is 18.6 Å². The number of aryl methyl sites for hydroxylation is 1. The van der Waals surface area contributed by atoms with Crippen molar-refractivity contribution in [1.29, 1.82) is 0 Å². The summed E-state index contributed by atoms with van der Waals surface area (Å²) < 4.78 is 6.97. The molecule has 0 bridgehead atoms. The summed E-state index contributed by atoms with van der Waals surface area (Å²) in [6, 6.07) is 7.50. The van der Waals surface area contributed by atoms with Crippen molar-refractivity contribution in [2.45, 2.75) is 71.6 Å². The van der Waals surface area contributed by atoms with E-state index in [0.717, 1.165) is 5.69 Å². The highest BCUT2D eigenvalue weighted by atomic mass is 16.5. The van der Waals surface area contributed by atoms with E-state index >= 15 is 0 Å². The number of pyridine rings is 1. The zero-order valence-corrected chi connectivity index (χ0v) is 18.6. The van der Waals surface area contributed by atoms with E-state index < -0.39 is 0 Å². The quantitative estimate of drug-likeness (QED) is 0.654. The number of nitrogens with one attached hydrogen (secondary N) is 1. The Hall–Kier alpha value is -3.03. The van der Waals surface area contributed by atoms with Gasteiger partial charge in [-0.15, -0.1) is 0 Å². The first-order valence-electron chi connectivity index (χ1n) is 10.2. The topological polar surface area (TPSA) is 98.7 Å². The number of anilines is 1. The van der Waals surface area contributed by atoms with Crippen LogP contribution in [0.15, 0.2) is 35.0 Å². The highest BCUT2D eigenvalue weighted by molar-refractivity contribution is 5.90. The Kier molecular flexibility index (Phi) is 6.05. The molecule has 1 N–H and O–H groups in total. The van der Waals surface area contributed by atoms with Gasteiger partial charge in [0.2, 0.25) is 11.8 Å². The smallest absolute Gasteiger partial charge is 0.226 e. The molecule has 1 amide bonds. The molecule has 0 aliphatic carbocycles. The minimum atomic E-state index is -0.159. The second kappa shape index (κ2) is 8.38. The number of hydrogen-bond acceptors (Lipinski definition) is 6. The molecule has 0 unspecified atom stereocenters. The van der Waals surface area contributed by atoms with Gasteiger partial charge in [0, 0.05) is 35.9 Å². The zero-order valence-electron chi connectivity index (χ0n) is 18.6. The summed E-state index contributed by atoms with van der Waals surface area (Å²) in [5, 5.41) is 11.7. The SMILES string of the molecule is CC(C)(C)c1cc(NC(=O)CCCc2nc(C(C)(C)C)no2)n(-c2ccccn2)n1. The molecule has 0 fully saturated rings. The van der Waals surface area contributed by atoms with Gasteiger partial charge in [-0.3, -0.25) is 4.79 Å². The highest BCUT2D eigenvalue weighted by Gasteiger charge is 2.23. The Morgan fingerprint density at radius 3 is 2.50 bits per heavy atom. The molecular formula is C22H30N6O2. The van der Waals surface area contributed by atoms with Crippen LogP contribution in [0.4, 0.5) is 5.82 Å². The number of aromatic nitrogens is 5. The minimum Gasteiger partial charge on any atom is -0.339 e. The van der Waals surface area contributed by atoms with Crippen LogP contribution in [-0.2, 0) is 22.0 Å². The highest BCUT2D eigenvalue weighted by Crippen LogP contribution is 2.26. The van der Waals surface area contributed by atoms with Crippen molar-refractivity contribution in [2.75, 3.05) is 5.32 Å². The van der Waals surface area contributed by atoms with Gasteiger partial charge in [0.25, 0.3) is 0 Å². The van der Waals surface area contributed by atoms with Crippen molar-refractivity contribution >= 4 is 11.7 Å². The van der Waals surface area contributed by atoms with E-state index in [-0.39, 0.29) is 16.7 Å². The predicted molar refractivity (Wildman–Crippen MR) is 115 cm³/mol.